The van der Waals surface area contributed by atoms with Crippen molar-refractivity contribution in [1.29, 1.82) is 0 Å². The molecule has 0 atom stereocenters. The van der Waals surface area contributed by atoms with Crippen LogP contribution in [0.1, 0.15) is 16.0 Å². The first-order valence-electron chi connectivity index (χ1n) is 5.59. The lowest BCUT2D eigenvalue weighted by atomic mass is 10.2. The van der Waals surface area contributed by atoms with Gasteiger partial charge in [-0.1, -0.05) is 29.8 Å². The molecule has 0 spiro atoms. The highest BCUT2D eigenvalue weighted by Crippen LogP contribution is 2.20. The predicted molar refractivity (Wildman–Crippen MR) is 74.3 cm³/mol. The maximum atomic E-state index is 12.0. The Morgan fingerprint density at radius 3 is 2.28 bits per heavy atom. The fraction of sp³-hybridized carbons (Fsp3) is 0.231. The normalized spacial score (nSPS) is 11.7. The Morgan fingerprint density at radius 2 is 1.72 bits per heavy atom. The zero-order valence-electron chi connectivity index (χ0n) is 10.3. The van der Waals surface area contributed by atoms with Crippen molar-refractivity contribution < 1.29 is 8.42 Å². The topological polar surface area (TPSA) is 46.2 Å². The zero-order chi connectivity index (χ0) is 13.2. The van der Waals surface area contributed by atoms with E-state index in [1.807, 2.05) is 44.2 Å². The van der Waals surface area contributed by atoms with Crippen LogP contribution in [0.25, 0.3) is 0 Å². The molecule has 0 unspecified atom stereocenters. The number of sulfonamides is 1. The van der Waals surface area contributed by atoms with Crippen LogP contribution in [-0.4, -0.2) is 8.42 Å². The molecule has 0 saturated carbocycles. The van der Waals surface area contributed by atoms with Gasteiger partial charge in [-0.3, -0.25) is 0 Å². The lowest BCUT2D eigenvalue weighted by molar-refractivity contribution is 0.583. The summed E-state index contributed by atoms with van der Waals surface area (Å²) in [4.78, 5) is 0.991. The van der Waals surface area contributed by atoms with Crippen LogP contribution >= 0.6 is 11.3 Å². The molecular weight excluding hydrogens is 266 g/mol. The Morgan fingerprint density at radius 1 is 1.06 bits per heavy atom. The Hall–Kier alpha value is -1.17. The molecule has 0 aliphatic rings. The molecule has 0 aliphatic carbocycles. The summed E-state index contributed by atoms with van der Waals surface area (Å²) in [7, 11) is -3.38. The molecule has 2 aromatic rings. The Kier molecular flexibility index (Phi) is 3.85. The average Bonchev–Trinajstić information content (AvgIpc) is 2.76. The van der Waals surface area contributed by atoms with Gasteiger partial charge in [-0.2, -0.15) is 0 Å². The van der Waals surface area contributed by atoms with Crippen molar-refractivity contribution in [2.75, 3.05) is 0 Å². The van der Waals surface area contributed by atoms with Crippen molar-refractivity contribution in [1.82, 2.24) is 4.72 Å². The van der Waals surface area contributed by atoms with Gasteiger partial charge in [0.2, 0.25) is 10.0 Å². The van der Waals surface area contributed by atoms with Crippen LogP contribution in [0.4, 0.5) is 0 Å². The Labute approximate surface area is 112 Å². The minimum absolute atomic E-state index is 0.319. The van der Waals surface area contributed by atoms with Crippen LogP contribution in [0.15, 0.2) is 40.6 Å². The highest BCUT2D eigenvalue weighted by atomic mass is 32.2. The first-order chi connectivity index (χ1) is 8.47. The highest BCUT2D eigenvalue weighted by Gasteiger charge is 2.15. The maximum Gasteiger partial charge on any atom is 0.250 e. The third-order valence-electron chi connectivity index (χ3n) is 2.57. The number of rotatable bonds is 4. The van der Waals surface area contributed by atoms with E-state index in [1.54, 1.807) is 6.07 Å². The molecule has 96 valence electrons. The fourth-order valence-electron chi connectivity index (χ4n) is 1.51. The van der Waals surface area contributed by atoms with Gasteiger partial charge in [0.15, 0.2) is 0 Å². The van der Waals surface area contributed by atoms with Gasteiger partial charge < -0.3 is 0 Å². The number of thiophene rings is 1. The minimum Gasteiger partial charge on any atom is -0.206 e. The molecule has 3 nitrogen and oxygen atoms in total. The third-order valence-corrected chi connectivity index (χ3v) is 5.46. The van der Waals surface area contributed by atoms with E-state index < -0.39 is 10.0 Å². The van der Waals surface area contributed by atoms with Crippen molar-refractivity contribution in [3.8, 4) is 0 Å². The Balaban J connectivity index is 2.08. The van der Waals surface area contributed by atoms with E-state index in [4.69, 9.17) is 0 Å². The van der Waals surface area contributed by atoms with E-state index in [-0.39, 0.29) is 0 Å². The summed E-state index contributed by atoms with van der Waals surface area (Å²) in [6.07, 6.45) is 0. The molecule has 5 heteroatoms. The van der Waals surface area contributed by atoms with Gasteiger partial charge in [-0.05, 0) is 31.5 Å². The third kappa shape index (κ3) is 3.19. The molecule has 0 bridgehead atoms. The summed E-state index contributed by atoms with van der Waals surface area (Å²) < 4.78 is 26.9. The molecule has 18 heavy (non-hydrogen) atoms. The van der Waals surface area contributed by atoms with Crippen LogP contribution in [0.2, 0.25) is 0 Å². The van der Waals surface area contributed by atoms with Gasteiger partial charge in [0.05, 0.1) is 0 Å². The van der Waals surface area contributed by atoms with Gasteiger partial charge in [0.1, 0.15) is 4.21 Å². The summed E-state index contributed by atoms with van der Waals surface area (Å²) >= 11 is 1.28. The van der Waals surface area contributed by atoms with Gasteiger partial charge >= 0.3 is 0 Å². The monoisotopic (exact) mass is 281 g/mol. The van der Waals surface area contributed by atoms with Crippen LogP contribution in [0.5, 0.6) is 0 Å². The second-order valence-electron chi connectivity index (χ2n) is 4.18. The molecule has 0 aliphatic heterocycles. The molecule has 0 amide bonds. The van der Waals surface area contributed by atoms with Gasteiger partial charge in [-0.15, -0.1) is 11.3 Å². The standard InChI is InChI=1S/C13H15NO2S2/c1-10-3-6-12(7-4-10)9-14-18(15,16)13-8-5-11(2)17-13/h3-8,14H,9H2,1-2H3. The zero-order valence-corrected chi connectivity index (χ0v) is 11.9. The molecular formula is C13H15NO2S2. The van der Waals surface area contributed by atoms with E-state index in [0.717, 1.165) is 16.0 Å². The van der Waals surface area contributed by atoms with E-state index in [0.29, 0.717) is 10.8 Å². The lowest BCUT2D eigenvalue weighted by Gasteiger charge is -2.05. The number of hydrogen-bond acceptors (Lipinski definition) is 3. The Bertz CT molecular complexity index is 627. The molecule has 0 radical (unpaired) electrons. The quantitative estimate of drug-likeness (QED) is 0.936. The summed E-state index contributed by atoms with van der Waals surface area (Å²) in [6, 6.07) is 11.2. The van der Waals surface area contributed by atoms with Crippen molar-refractivity contribution in [3.63, 3.8) is 0 Å². The minimum atomic E-state index is -3.38. The summed E-state index contributed by atoms with van der Waals surface area (Å²) in [6.45, 7) is 4.21. The van der Waals surface area contributed by atoms with Crippen LogP contribution in [0, 0.1) is 13.8 Å². The van der Waals surface area contributed by atoms with E-state index >= 15 is 0 Å². The predicted octanol–water partition coefficient (Wildman–Crippen LogP) is 2.84. The van der Waals surface area contributed by atoms with Gasteiger partial charge in [0.25, 0.3) is 0 Å². The number of benzene rings is 1. The molecule has 1 aromatic heterocycles. The molecule has 1 heterocycles. The van der Waals surface area contributed by atoms with Crippen LogP contribution in [-0.2, 0) is 16.6 Å². The summed E-state index contributed by atoms with van der Waals surface area (Å²) in [5, 5.41) is 0. The van der Waals surface area contributed by atoms with Crippen molar-refractivity contribution in [2.24, 2.45) is 0 Å². The first-order valence-corrected chi connectivity index (χ1v) is 7.89. The number of nitrogens with one attached hydrogen (secondary N) is 1. The molecule has 0 saturated heterocycles. The van der Waals surface area contributed by atoms with Crippen molar-refractivity contribution in [3.05, 3.63) is 52.4 Å². The van der Waals surface area contributed by atoms with Gasteiger partial charge in [0, 0.05) is 11.4 Å². The van der Waals surface area contributed by atoms with Crippen molar-refractivity contribution >= 4 is 21.4 Å². The second-order valence-corrected chi connectivity index (χ2v) is 7.46. The average molecular weight is 281 g/mol. The van der Waals surface area contributed by atoms with Crippen LogP contribution < -0.4 is 4.72 Å². The molecule has 2 rings (SSSR count). The molecule has 1 N–H and O–H groups in total. The summed E-state index contributed by atoms with van der Waals surface area (Å²) in [5.74, 6) is 0. The lowest BCUT2D eigenvalue weighted by Crippen LogP contribution is -2.22. The number of hydrogen-bond donors (Lipinski definition) is 1. The SMILES string of the molecule is Cc1ccc(CNS(=O)(=O)c2ccc(C)s2)cc1. The highest BCUT2D eigenvalue weighted by molar-refractivity contribution is 7.91. The smallest absolute Gasteiger partial charge is 0.206 e. The molecule has 1 aromatic carbocycles. The second kappa shape index (κ2) is 5.22. The van der Waals surface area contributed by atoms with Crippen molar-refractivity contribution in [2.45, 2.75) is 24.6 Å². The molecule has 0 fully saturated rings. The number of aryl methyl sites for hydroxylation is 2. The van der Waals surface area contributed by atoms with E-state index in [1.165, 1.54) is 11.3 Å². The first kappa shape index (κ1) is 13.3. The summed E-state index contributed by atoms with van der Waals surface area (Å²) in [5.41, 5.74) is 2.12. The van der Waals surface area contributed by atoms with Crippen LogP contribution in [0.3, 0.4) is 0 Å². The van der Waals surface area contributed by atoms with Gasteiger partial charge in [-0.25, -0.2) is 13.1 Å². The maximum absolute atomic E-state index is 12.0. The fourth-order valence-corrected chi connectivity index (χ4v) is 3.86. The van der Waals surface area contributed by atoms with E-state index in [2.05, 4.69) is 4.72 Å². The largest absolute Gasteiger partial charge is 0.250 e. The van der Waals surface area contributed by atoms with E-state index in [9.17, 15) is 8.42 Å².